The summed E-state index contributed by atoms with van der Waals surface area (Å²) in [5.74, 6) is 0. The van der Waals surface area contributed by atoms with E-state index in [0.717, 1.165) is 0 Å². The summed E-state index contributed by atoms with van der Waals surface area (Å²) in [6, 6.07) is 0. The fraction of sp³-hybridized carbons (Fsp3) is 0.333. The maximum atomic E-state index is 3.67. The van der Waals surface area contributed by atoms with Crippen LogP contribution in [0.1, 0.15) is 20.8 Å². The largest absolute Gasteiger partial charge is 0.0988 e. The second-order valence-corrected chi connectivity index (χ2v) is 2.07. The van der Waals surface area contributed by atoms with Gasteiger partial charge in [0.25, 0.3) is 0 Å². The molecular formula is C9H14. The molecule has 0 aromatic rings. The van der Waals surface area contributed by atoms with Crippen LogP contribution in [0.25, 0.3) is 0 Å². The molecule has 0 aromatic carbocycles. The number of hydrogen-bond acceptors (Lipinski definition) is 0. The molecule has 0 atom stereocenters. The highest BCUT2D eigenvalue weighted by molar-refractivity contribution is 5.28. The fourth-order valence-corrected chi connectivity index (χ4v) is 0.542. The molecule has 0 N–H and O–H groups in total. The Kier molecular flexibility index (Phi) is 3.78. The zero-order chi connectivity index (χ0) is 7.28. The van der Waals surface area contributed by atoms with Crippen molar-refractivity contribution >= 4 is 0 Å². The van der Waals surface area contributed by atoms with Crippen molar-refractivity contribution in [3.05, 3.63) is 36.0 Å². The molecule has 0 aliphatic rings. The monoisotopic (exact) mass is 122 g/mol. The smallest absolute Gasteiger partial charge is 0.0395 e. The average molecular weight is 122 g/mol. The maximum Gasteiger partial charge on any atom is -0.0395 e. The number of rotatable bonds is 2. The first-order valence-electron chi connectivity index (χ1n) is 3.15. The molecule has 9 heavy (non-hydrogen) atoms. The summed E-state index contributed by atoms with van der Waals surface area (Å²) in [5, 5.41) is 0. The Labute approximate surface area is 57.6 Å². The van der Waals surface area contributed by atoms with E-state index in [1.165, 1.54) is 11.1 Å². The molecule has 0 aliphatic heterocycles. The quantitative estimate of drug-likeness (QED) is 0.494. The highest BCUT2D eigenvalue weighted by atomic mass is 13.9. The van der Waals surface area contributed by atoms with Gasteiger partial charge in [0.2, 0.25) is 0 Å². The summed E-state index contributed by atoms with van der Waals surface area (Å²) < 4.78 is 0. The Morgan fingerprint density at radius 1 is 1.22 bits per heavy atom. The Balaban J connectivity index is 4.27. The number of allylic oxidation sites excluding steroid dienone is 5. The normalized spacial score (nSPS) is 13.7. The van der Waals surface area contributed by atoms with Gasteiger partial charge >= 0.3 is 0 Å². The van der Waals surface area contributed by atoms with Crippen molar-refractivity contribution in [2.45, 2.75) is 20.8 Å². The van der Waals surface area contributed by atoms with Crippen molar-refractivity contribution in [3.63, 3.8) is 0 Å². The molecule has 0 saturated heterocycles. The molecule has 0 aromatic heterocycles. The summed E-state index contributed by atoms with van der Waals surface area (Å²) in [6.45, 7) is 9.82. The van der Waals surface area contributed by atoms with Gasteiger partial charge in [-0.25, -0.2) is 0 Å². The predicted molar refractivity (Wildman–Crippen MR) is 43.4 cm³/mol. The van der Waals surface area contributed by atoms with Crippen LogP contribution in [0.15, 0.2) is 36.0 Å². The molecule has 0 bridgehead atoms. The van der Waals surface area contributed by atoms with Crippen LogP contribution >= 0.6 is 0 Å². The minimum atomic E-state index is 1.24. The minimum Gasteiger partial charge on any atom is -0.0988 e. The third-order valence-corrected chi connectivity index (χ3v) is 1.34. The van der Waals surface area contributed by atoms with Crippen molar-refractivity contribution in [2.24, 2.45) is 0 Å². The Morgan fingerprint density at radius 2 is 1.78 bits per heavy atom. The summed E-state index contributed by atoms with van der Waals surface area (Å²) in [7, 11) is 0. The van der Waals surface area contributed by atoms with E-state index in [1.807, 2.05) is 19.1 Å². The first-order valence-corrected chi connectivity index (χ1v) is 3.15. The molecule has 0 saturated carbocycles. The van der Waals surface area contributed by atoms with Crippen LogP contribution in [0.3, 0.4) is 0 Å². The molecule has 0 aliphatic carbocycles. The van der Waals surface area contributed by atoms with E-state index in [9.17, 15) is 0 Å². The van der Waals surface area contributed by atoms with Gasteiger partial charge in [0, 0.05) is 0 Å². The summed E-state index contributed by atoms with van der Waals surface area (Å²) in [5.41, 5.74) is 2.53. The van der Waals surface area contributed by atoms with Gasteiger partial charge in [-0.05, 0) is 31.9 Å². The molecule has 0 unspecified atom stereocenters. The van der Waals surface area contributed by atoms with Gasteiger partial charge in [0.1, 0.15) is 0 Å². The lowest BCUT2D eigenvalue weighted by Gasteiger charge is -1.93. The topological polar surface area (TPSA) is 0 Å². The highest BCUT2D eigenvalue weighted by Crippen LogP contribution is 2.04. The van der Waals surface area contributed by atoms with Crippen molar-refractivity contribution in [1.82, 2.24) is 0 Å². The molecule has 0 fully saturated rings. The molecule has 0 heteroatoms. The van der Waals surface area contributed by atoms with E-state index in [-0.39, 0.29) is 0 Å². The Morgan fingerprint density at radius 3 is 2.11 bits per heavy atom. The van der Waals surface area contributed by atoms with Crippen LogP contribution in [0, 0.1) is 0 Å². The summed E-state index contributed by atoms with van der Waals surface area (Å²) >= 11 is 0. The molecule has 0 radical (unpaired) electrons. The van der Waals surface area contributed by atoms with Crippen molar-refractivity contribution < 1.29 is 0 Å². The van der Waals surface area contributed by atoms with E-state index < -0.39 is 0 Å². The zero-order valence-electron chi connectivity index (χ0n) is 6.44. The van der Waals surface area contributed by atoms with Gasteiger partial charge in [-0.1, -0.05) is 24.8 Å². The molecule has 0 nitrogen and oxygen atoms in total. The van der Waals surface area contributed by atoms with E-state index in [0.29, 0.717) is 0 Å². The summed E-state index contributed by atoms with van der Waals surface area (Å²) in [4.78, 5) is 0. The van der Waals surface area contributed by atoms with Gasteiger partial charge in [0.05, 0.1) is 0 Å². The second-order valence-electron chi connectivity index (χ2n) is 2.07. The lowest BCUT2D eigenvalue weighted by molar-refractivity contribution is 1.37. The van der Waals surface area contributed by atoms with Gasteiger partial charge in [-0.3, -0.25) is 0 Å². The first-order chi connectivity index (χ1) is 4.22. The molecule has 0 spiro atoms. The van der Waals surface area contributed by atoms with Crippen molar-refractivity contribution in [2.75, 3.05) is 0 Å². The number of hydrogen-bond donors (Lipinski definition) is 0. The van der Waals surface area contributed by atoms with Crippen molar-refractivity contribution in [1.29, 1.82) is 0 Å². The van der Waals surface area contributed by atoms with Gasteiger partial charge in [-0.15, -0.1) is 0 Å². The van der Waals surface area contributed by atoms with Crippen LogP contribution in [-0.4, -0.2) is 0 Å². The Bertz CT molecular complexity index is 147. The first kappa shape index (κ1) is 8.22. The lowest BCUT2D eigenvalue weighted by atomic mass is 10.1. The van der Waals surface area contributed by atoms with Crippen LogP contribution in [0.5, 0.6) is 0 Å². The third kappa shape index (κ3) is 2.91. The molecule has 0 amide bonds. The summed E-state index contributed by atoms with van der Waals surface area (Å²) in [6.07, 6.45) is 5.98. The van der Waals surface area contributed by atoms with E-state index in [4.69, 9.17) is 0 Å². The van der Waals surface area contributed by atoms with Gasteiger partial charge < -0.3 is 0 Å². The van der Waals surface area contributed by atoms with Crippen molar-refractivity contribution in [3.8, 4) is 0 Å². The maximum absolute atomic E-state index is 3.67. The lowest BCUT2D eigenvalue weighted by Crippen LogP contribution is -1.73. The van der Waals surface area contributed by atoms with Gasteiger partial charge in [0.15, 0.2) is 0 Å². The fourth-order valence-electron chi connectivity index (χ4n) is 0.542. The molecule has 50 valence electrons. The van der Waals surface area contributed by atoms with Crippen LogP contribution in [0.2, 0.25) is 0 Å². The highest BCUT2D eigenvalue weighted by Gasteiger charge is 1.83. The van der Waals surface area contributed by atoms with E-state index in [2.05, 4.69) is 26.5 Å². The van der Waals surface area contributed by atoms with E-state index in [1.54, 1.807) is 0 Å². The zero-order valence-corrected chi connectivity index (χ0v) is 6.44. The minimum absolute atomic E-state index is 1.24. The van der Waals surface area contributed by atoms with Gasteiger partial charge in [-0.2, -0.15) is 0 Å². The third-order valence-electron chi connectivity index (χ3n) is 1.34. The van der Waals surface area contributed by atoms with E-state index >= 15 is 0 Å². The predicted octanol–water partition coefficient (Wildman–Crippen LogP) is 3.08. The average Bonchev–Trinajstić information content (AvgIpc) is 1.87. The Hall–Kier alpha value is -0.780. The SMILES string of the molecule is C=C/C(C)=C(C)/C=C/C. The molecule has 0 heterocycles. The molecule has 0 rings (SSSR count). The molecular weight excluding hydrogens is 108 g/mol. The van der Waals surface area contributed by atoms with Crippen LogP contribution in [-0.2, 0) is 0 Å². The second kappa shape index (κ2) is 4.13. The standard InChI is InChI=1S/C9H14/c1-5-7-9(4)8(3)6-2/h5-7H,2H2,1,3-4H3/b7-5+,9-8+. The van der Waals surface area contributed by atoms with Crippen LogP contribution < -0.4 is 0 Å². The van der Waals surface area contributed by atoms with Crippen LogP contribution in [0.4, 0.5) is 0 Å².